The van der Waals surface area contributed by atoms with Gasteiger partial charge in [0.25, 0.3) is 0 Å². The largest absolute Gasteiger partial charge is 0.494 e. The van der Waals surface area contributed by atoms with Gasteiger partial charge in [-0.15, -0.1) is 0 Å². The van der Waals surface area contributed by atoms with Gasteiger partial charge in [0.15, 0.2) is 11.6 Å². The predicted octanol–water partition coefficient (Wildman–Crippen LogP) is 4.53. The van der Waals surface area contributed by atoms with Crippen molar-refractivity contribution in [1.82, 2.24) is 14.9 Å². The topological polar surface area (TPSA) is 56.1 Å². The molecule has 27 heavy (non-hydrogen) atoms. The van der Waals surface area contributed by atoms with E-state index in [4.69, 9.17) is 9.72 Å². The number of imidazole rings is 1. The number of ether oxygens (including phenoxy) is 1. The van der Waals surface area contributed by atoms with Gasteiger partial charge in [-0.05, 0) is 50.2 Å². The number of fused-ring (bicyclic) bond motifs is 1. The minimum Gasteiger partial charge on any atom is -0.494 e. The van der Waals surface area contributed by atoms with Gasteiger partial charge in [-0.25, -0.2) is 9.37 Å². The molecule has 5 nitrogen and oxygen atoms in total. The lowest BCUT2D eigenvalue weighted by Crippen LogP contribution is -2.45. The Hall–Kier alpha value is -2.41. The van der Waals surface area contributed by atoms with Gasteiger partial charge in [-0.3, -0.25) is 4.79 Å². The smallest absolute Gasteiger partial charge is 0.217 e. The molecule has 0 saturated carbocycles. The van der Waals surface area contributed by atoms with E-state index >= 15 is 0 Å². The molecule has 1 N–H and O–H groups in total. The van der Waals surface area contributed by atoms with Crippen molar-refractivity contribution in [1.29, 1.82) is 0 Å². The van der Waals surface area contributed by atoms with Crippen LogP contribution in [0.4, 0.5) is 4.39 Å². The third kappa shape index (κ3) is 4.13. The molecule has 0 aliphatic carbocycles. The molecule has 7 heteroatoms. The summed E-state index contributed by atoms with van der Waals surface area (Å²) >= 11 is 3.47. The van der Waals surface area contributed by atoms with Gasteiger partial charge in [0, 0.05) is 23.5 Å². The molecule has 142 valence electrons. The maximum atomic E-state index is 13.9. The van der Waals surface area contributed by atoms with Crippen molar-refractivity contribution < 1.29 is 13.9 Å². The van der Waals surface area contributed by atoms with E-state index in [0.717, 1.165) is 21.1 Å². The first-order valence-electron chi connectivity index (χ1n) is 8.48. The fourth-order valence-electron chi connectivity index (χ4n) is 3.19. The number of carbonyl (C=O) groups excluding carboxylic acids is 1. The molecule has 3 aromatic rings. The van der Waals surface area contributed by atoms with E-state index in [9.17, 15) is 9.18 Å². The monoisotopic (exact) mass is 433 g/mol. The van der Waals surface area contributed by atoms with Crippen LogP contribution in [-0.4, -0.2) is 28.1 Å². The number of methoxy groups -OCH3 is 1. The molecule has 0 fully saturated rings. The Labute approximate surface area is 165 Å². The molecular formula is C20H21BrFN3O2. The third-order valence-corrected chi connectivity index (χ3v) is 4.68. The quantitative estimate of drug-likeness (QED) is 0.642. The zero-order valence-corrected chi connectivity index (χ0v) is 17.2. The van der Waals surface area contributed by atoms with Crippen molar-refractivity contribution in [2.45, 2.75) is 32.9 Å². The molecule has 0 spiro atoms. The summed E-state index contributed by atoms with van der Waals surface area (Å²) in [6.45, 7) is 5.90. The highest BCUT2D eigenvalue weighted by molar-refractivity contribution is 9.10. The minimum atomic E-state index is -0.495. The molecule has 0 atom stereocenters. The minimum absolute atomic E-state index is 0.0998. The SMILES string of the molecule is COc1cc(-c2nc3cc(Br)ccc3n2CC(C)(C)NC(C)=O)ccc1F. The van der Waals surface area contributed by atoms with Crippen molar-refractivity contribution >= 4 is 32.9 Å². The van der Waals surface area contributed by atoms with E-state index in [-0.39, 0.29) is 11.7 Å². The summed E-state index contributed by atoms with van der Waals surface area (Å²) < 4.78 is 21.9. The second-order valence-corrected chi connectivity index (χ2v) is 7.98. The van der Waals surface area contributed by atoms with Gasteiger partial charge in [-0.2, -0.15) is 0 Å². The molecule has 0 aliphatic rings. The van der Waals surface area contributed by atoms with E-state index in [1.54, 1.807) is 12.1 Å². The van der Waals surface area contributed by atoms with Crippen LogP contribution in [0.5, 0.6) is 5.75 Å². The Morgan fingerprint density at radius 3 is 2.70 bits per heavy atom. The average Bonchev–Trinajstić information content (AvgIpc) is 2.91. The lowest BCUT2D eigenvalue weighted by atomic mass is 10.0. The van der Waals surface area contributed by atoms with E-state index in [2.05, 4.69) is 21.2 Å². The lowest BCUT2D eigenvalue weighted by molar-refractivity contribution is -0.120. The highest BCUT2D eigenvalue weighted by Gasteiger charge is 2.24. The van der Waals surface area contributed by atoms with Gasteiger partial charge < -0.3 is 14.6 Å². The van der Waals surface area contributed by atoms with Crippen LogP contribution in [0, 0.1) is 5.82 Å². The first-order chi connectivity index (χ1) is 12.7. The normalized spacial score (nSPS) is 11.6. The van der Waals surface area contributed by atoms with Crippen molar-refractivity contribution in [2.75, 3.05) is 7.11 Å². The van der Waals surface area contributed by atoms with Gasteiger partial charge >= 0.3 is 0 Å². The summed E-state index contributed by atoms with van der Waals surface area (Å²) in [5.41, 5.74) is 1.97. The number of halogens is 2. The number of amides is 1. The number of hydrogen-bond donors (Lipinski definition) is 1. The van der Waals surface area contributed by atoms with E-state index in [1.165, 1.54) is 20.1 Å². The average molecular weight is 434 g/mol. The molecular weight excluding hydrogens is 413 g/mol. The van der Waals surface area contributed by atoms with Gasteiger partial charge in [-0.1, -0.05) is 15.9 Å². The van der Waals surface area contributed by atoms with Gasteiger partial charge in [0.05, 0.1) is 23.7 Å². The Balaban J connectivity index is 2.18. The van der Waals surface area contributed by atoms with Crippen LogP contribution in [0.25, 0.3) is 22.4 Å². The van der Waals surface area contributed by atoms with Gasteiger partial charge in [0.1, 0.15) is 5.82 Å². The fourth-order valence-corrected chi connectivity index (χ4v) is 3.54. The maximum absolute atomic E-state index is 13.9. The lowest BCUT2D eigenvalue weighted by Gasteiger charge is -2.27. The predicted molar refractivity (Wildman–Crippen MR) is 107 cm³/mol. The first kappa shape index (κ1) is 19.4. The second-order valence-electron chi connectivity index (χ2n) is 7.07. The Morgan fingerprint density at radius 2 is 2.04 bits per heavy atom. The van der Waals surface area contributed by atoms with Crippen LogP contribution in [0.3, 0.4) is 0 Å². The molecule has 2 aromatic carbocycles. The van der Waals surface area contributed by atoms with E-state index in [1.807, 2.05) is 36.6 Å². The molecule has 0 unspecified atom stereocenters. The number of aromatic nitrogens is 2. The van der Waals surface area contributed by atoms with E-state index < -0.39 is 11.4 Å². The standard InChI is InChI=1S/C20H21BrFN3O2/c1-12(26)24-20(2,3)11-25-17-8-6-14(21)10-16(17)23-19(25)13-5-7-15(22)18(9-13)27-4/h5-10H,11H2,1-4H3,(H,24,26). The summed E-state index contributed by atoms with van der Waals surface area (Å²) in [4.78, 5) is 16.3. The van der Waals surface area contributed by atoms with Crippen molar-refractivity contribution in [2.24, 2.45) is 0 Å². The molecule has 0 radical (unpaired) electrons. The Morgan fingerprint density at radius 1 is 1.30 bits per heavy atom. The van der Waals surface area contributed by atoms with E-state index in [0.29, 0.717) is 12.4 Å². The molecule has 0 bridgehead atoms. The highest BCUT2D eigenvalue weighted by atomic mass is 79.9. The summed E-state index contributed by atoms with van der Waals surface area (Å²) in [5.74, 6) is 0.315. The summed E-state index contributed by atoms with van der Waals surface area (Å²) in [7, 11) is 1.43. The molecule has 1 heterocycles. The number of nitrogens with zero attached hydrogens (tertiary/aromatic N) is 2. The number of rotatable bonds is 5. The number of nitrogens with one attached hydrogen (secondary N) is 1. The van der Waals surface area contributed by atoms with Crippen LogP contribution in [-0.2, 0) is 11.3 Å². The molecule has 3 rings (SSSR count). The summed E-state index contributed by atoms with van der Waals surface area (Å²) in [6, 6.07) is 10.5. The maximum Gasteiger partial charge on any atom is 0.217 e. The second kappa shape index (κ2) is 7.31. The van der Waals surface area contributed by atoms with Crippen molar-refractivity contribution in [3.63, 3.8) is 0 Å². The zero-order chi connectivity index (χ0) is 19.8. The zero-order valence-electron chi connectivity index (χ0n) is 15.6. The number of benzene rings is 2. The molecule has 1 aromatic heterocycles. The molecule has 0 saturated heterocycles. The van der Waals surface area contributed by atoms with Crippen LogP contribution < -0.4 is 10.1 Å². The summed E-state index contributed by atoms with van der Waals surface area (Å²) in [6.07, 6.45) is 0. The van der Waals surface area contributed by atoms with Crippen molar-refractivity contribution in [3.05, 3.63) is 46.7 Å². The molecule has 1 amide bonds. The first-order valence-corrected chi connectivity index (χ1v) is 9.28. The van der Waals surface area contributed by atoms with Gasteiger partial charge in [0.2, 0.25) is 5.91 Å². The summed E-state index contributed by atoms with van der Waals surface area (Å²) in [5, 5.41) is 2.96. The van der Waals surface area contributed by atoms with Crippen LogP contribution in [0.1, 0.15) is 20.8 Å². The molecule has 0 aliphatic heterocycles. The van der Waals surface area contributed by atoms with Crippen LogP contribution in [0.2, 0.25) is 0 Å². The van der Waals surface area contributed by atoms with Crippen molar-refractivity contribution in [3.8, 4) is 17.1 Å². The highest BCUT2D eigenvalue weighted by Crippen LogP contribution is 2.31. The third-order valence-electron chi connectivity index (χ3n) is 4.19. The fraction of sp³-hybridized carbons (Fsp3) is 0.300. The Kier molecular flexibility index (Phi) is 5.24. The van der Waals surface area contributed by atoms with Crippen LogP contribution >= 0.6 is 15.9 Å². The number of carbonyl (C=O) groups is 1. The number of hydrogen-bond acceptors (Lipinski definition) is 3. The van der Waals surface area contributed by atoms with Crippen LogP contribution in [0.15, 0.2) is 40.9 Å². The Bertz CT molecular complexity index is 1010.